The van der Waals surface area contributed by atoms with E-state index >= 15 is 0 Å². The van der Waals surface area contributed by atoms with Gasteiger partial charge in [0.15, 0.2) is 5.96 Å². The minimum absolute atomic E-state index is 0. The molecule has 0 aromatic heterocycles. The van der Waals surface area contributed by atoms with Gasteiger partial charge < -0.3 is 15.7 Å². The van der Waals surface area contributed by atoms with Crippen LogP contribution < -0.4 is 5.73 Å². The molecule has 0 amide bonds. The molecule has 1 fully saturated rings. The molecular formula is C12H26IN3O. The number of aliphatic hydroxyl groups excluding tert-OH is 1. The molecule has 5 heteroatoms. The number of nitrogens with two attached hydrogens (primary N) is 1. The molecule has 0 unspecified atom stereocenters. The first-order valence-corrected chi connectivity index (χ1v) is 6.22. The van der Waals surface area contributed by atoms with Crippen LogP contribution in [0, 0.1) is 5.41 Å². The summed E-state index contributed by atoms with van der Waals surface area (Å²) in [6, 6.07) is 0.593. The molecule has 1 aliphatic carbocycles. The average molecular weight is 355 g/mol. The lowest BCUT2D eigenvalue weighted by Crippen LogP contribution is -2.37. The Morgan fingerprint density at radius 1 is 1.41 bits per heavy atom. The van der Waals surface area contributed by atoms with Crippen LogP contribution in [-0.4, -0.2) is 42.2 Å². The molecule has 4 nitrogen and oxygen atoms in total. The fourth-order valence-corrected chi connectivity index (χ4v) is 1.76. The summed E-state index contributed by atoms with van der Waals surface area (Å²) >= 11 is 0. The van der Waals surface area contributed by atoms with E-state index in [0.717, 1.165) is 12.8 Å². The van der Waals surface area contributed by atoms with Crippen molar-refractivity contribution in [1.29, 1.82) is 0 Å². The second kappa shape index (κ2) is 7.41. The Morgan fingerprint density at radius 2 is 1.94 bits per heavy atom. The minimum Gasteiger partial charge on any atom is -0.396 e. The number of nitrogens with zero attached hydrogens (tertiary/aromatic N) is 2. The molecule has 1 rings (SSSR count). The van der Waals surface area contributed by atoms with Crippen molar-refractivity contribution in [2.45, 2.75) is 45.6 Å². The van der Waals surface area contributed by atoms with E-state index in [1.807, 2.05) is 11.9 Å². The van der Waals surface area contributed by atoms with Crippen molar-refractivity contribution < 1.29 is 5.11 Å². The zero-order valence-electron chi connectivity index (χ0n) is 11.1. The van der Waals surface area contributed by atoms with Crippen molar-refractivity contribution in [1.82, 2.24) is 4.90 Å². The number of aliphatic hydroxyl groups is 1. The van der Waals surface area contributed by atoms with E-state index in [1.165, 1.54) is 12.8 Å². The summed E-state index contributed by atoms with van der Waals surface area (Å²) in [5.74, 6) is 0.613. The number of halogens is 1. The van der Waals surface area contributed by atoms with Gasteiger partial charge in [-0.3, -0.25) is 4.99 Å². The minimum atomic E-state index is -0.0883. The molecule has 0 saturated heterocycles. The molecule has 0 spiro atoms. The molecule has 17 heavy (non-hydrogen) atoms. The second-order valence-electron chi connectivity index (χ2n) is 4.88. The van der Waals surface area contributed by atoms with Crippen molar-refractivity contribution in [3.05, 3.63) is 0 Å². The van der Waals surface area contributed by atoms with Crippen molar-refractivity contribution in [2.24, 2.45) is 16.1 Å². The first kappa shape index (κ1) is 17.0. The molecule has 1 aliphatic rings. The van der Waals surface area contributed by atoms with Crippen LogP contribution in [0.5, 0.6) is 0 Å². The third-order valence-electron chi connectivity index (χ3n) is 3.87. The predicted molar refractivity (Wildman–Crippen MR) is 82.8 cm³/mol. The van der Waals surface area contributed by atoms with Gasteiger partial charge >= 0.3 is 0 Å². The van der Waals surface area contributed by atoms with Gasteiger partial charge in [0.2, 0.25) is 0 Å². The highest BCUT2D eigenvalue weighted by molar-refractivity contribution is 14.0. The van der Waals surface area contributed by atoms with Gasteiger partial charge in [-0.1, -0.05) is 13.8 Å². The topological polar surface area (TPSA) is 61.9 Å². The highest BCUT2D eigenvalue weighted by atomic mass is 127. The zero-order chi connectivity index (χ0) is 12.2. The van der Waals surface area contributed by atoms with Gasteiger partial charge in [-0.25, -0.2) is 0 Å². The van der Waals surface area contributed by atoms with Gasteiger partial charge in [-0.15, -0.1) is 24.0 Å². The van der Waals surface area contributed by atoms with Crippen LogP contribution in [0.2, 0.25) is 0 Å². The lowest BCUT2D eigenvalue weighted by Gasteiger charge is -2.28. The van der Waals surface area contributed by atoms with Gasteiger partial charge in [0.1, 0.15) is 0 Å². The van der Waals surface area contributed by atoms with Gasteiger partial charge in [0, 0.05) is 18.5 Å². The van der Waals surface area contributed by atoms with E-state index in [0.29, 0.717) is 18.5 Å². The average Bonchev–Trinajstić information content (AvgIpc) is 3.14. The Balaban J connectivity index is 0.00000256. The Bertz CT molecular complexity index is 242. The van der Waals surface area contributed by atoms with Crippen LogP contribution in [0.3, 0.4) is 0 Å². The summed E-state index contributed by atoms with van der Waals surface area (Å²) in [5.41, 5.74) is 5.84. The molecule has 0 aromatic carbocycles. The van der Waals surface area contributed by atoms with E-state index in [2.05, 4.69) is 18.8 Å². The van der Waals surface area contributed by atoms with Crippen LogP contribution >= 0.6 is 24.0 Å². The standard InChI is InChI=1S/C12H25N3O.HI/c1-4-12(5-2,9-16)8-14-11(13)15(3)10-6-7-10;/h10,16H,4-9H2,1-3H3,(H2,13,14);1H. The van der Waals surface area contributed by atoms with Gasteiger partial charge in [-0.2, -0.15) is 0 Å². The highest BCUT2D eigenvalue weighted by Crippen LogP contribution is 2.27. The Labute approximate surface area is 122 Å². The molecule has 0 atom stereocenters. The molecule has 0 heterocycles. The maximum Gasteiger partial charge on any atom is 0.191 e. The fraction of sp³-hybridized carbons (Fsp3) is 0.917. The lowest BCUT2D eigenvalue weighted by molar-refractivity contribution is 0.123. The molecule has 1 saturated carbocycles. The maximum absolute atomic E-state index is 9.43. The van der Waals surface area contributed by atoms with E-state index in [4.69, 9.17) is 5.73 Å². The maximum atomic E-state index is 9.43. The van der Waals surface area contributed by atoms with Gasteiger partial charge in [0.05, 0.1) is 13.2 Å². The molecule has 3 N–H and O–H groups in total. The predicted octanol–water partition coefficient (Wildman–Crippen LogP) is 1.81. The third kappa shape index (κ3) is 4.62. The van der Waals surface area contributed by atoms with Crippen molar-refractivity contribution in [3.63, 3.8) is 0 Å². The number of guanidine groups is 1. The summed E-state index contributed by atoms with van der Waals surface area (Å²) in [4.78, 5) is 6.48. The number of hydrogen-bond acceptors (Lipinski definition) is 2. The molecule has 0 radical (unpaired) electrons. The quantitative estimate of drug-likeness (QED) is 0.434. The number of rotatable bonds is 6. The zero-order valence-corrected chi connectivity index (χ0v) is 13.5. The fourth-order valence-electron chi connectivity index (χ4n) is 1.76. The van der Waals surface area contributed by atoms with E-state index in [9.17, 15) is 5.11 Å². The van der Waals surface area contributed by atoms with Crippen LogP contribution in [-0.2, 0) is 0 Å². The van der Waals surface area contributed by atoms with Crippen LogP contribution in [0.25, 0.3) is 0 Å². The molecule has 102 valence electrons. The largest absolute Gasteiger partial charge is 0.396 e. The highest BCUT2D eigenvalue weighted by Gasteiger charge is 2.29. The third-order valence-corrected chi connectivity index (χ3v) is 3.87. The lowest BCUT2D eigenvalue weighted by atomic mass is 9.83. The molecular weight excluding hydrogens is 329 g/mol. The Hall–Kier alpha value is -0.0400. The number of aliphatic imine (C=N–C) groups is 1. The summed E-state index contributed by atoms with van der Waals surface area (Å²) in [5, 5.41) is 9.43. The summed E-state index contributed by atoms with van der Waals surface area (Å²) in [6.07, 6.45) is 4.31. The second-order valence-corrected chi connectivity index (χ2v) is 4.88. The molecule has 0 aliphatic heterocycles. The van der Waals surface area contributed by atoms with Crippen molar-refractivity contribution >= 4 is 29.9 Å². The SMILES string of the molecule is CCC(CC)(CO)CN=C(N)N(C)C1CC1.I. The molecule has 0 bridgehead atoms. The van der Waals surface area contributed by atoms with E-state index < -0.39 is 0 Å². The van der Waals surface area contributed by atoms with E-state index in [-0.39, 0.29) is 36.0 Å². The van der Waals surface area contributed by atoms with Crippen molar-refractivity contribution in [2.75, 3.05) is 20.2 Å². The smallest absolute Gasteiger partial charge is 0.191 e. The van der Waals surface area contributed by atoms with E-state index in [1.54, 1.807) is 0 Å². The molecule has 0 aromatic rings. The Morgan fingerprint density at radius 3 is 2.29 bits per heavy atom. The summed E-state index contributed by atoms with van der Waals surface area (Å²) in [6.45, 7) is 5.00. The summed E-state index contributed by atoms with van der Waals surface area (Å²) < 4.78 is 0. The van der Waals surface area contributed by atoms with Crippen LogP contribution in [0.4, 0.5) is 0 Å². The first-order chi connectivity index (χ1) is 7.58. The Kier molecular flexibility index (Phi) is 7.39. The first-order valence-electron chi connectivity index (χ1n) is 6.22. The summed E-state index contributed by atoms with van der Waals surface area (Å²) in [7, 11) is 2.00. The van der Waals surface area contributed by atoms with Gasteiger partial charge in [-0.05, 0) is 25.7 Å². The van der Waals surface area contributed by atoms with Gasteiger partial charge in [0.25, 0.3) is 0 Å². The monoisotopic (exact) mass is 355 g/mol. The van der Waals surface area contributed by atoms with Crippen LogP contribution in [0.15, 0.2) is 4.99 Å². The number of hydrogen-bond donors (Lipinski definition) is 2. The van der Waals surface area contributed by atoms with Crippen molar-refractivity contribution in [3.8, 4) is 0 Å². The van der Waals surface area contributed by atoms with Crippen LogP contribution in [0.1, 0.15) is 39.5 Å². The normalized spacial score (nSPS) is 16.6.